The van der Waals surface area contributed by atoms with Gasteiger partial charge in [-0.25, -0.2) is 4.79 Å². The Bertz CT molecular complexity index is 1730. The van der Waals surface area contributed by atoms with Crippen LogP contribution in [0.15, 0.2) is 77.6 Å². The maximum atomic E-state index is 12.8. The van der Waals surface area contributed by atoms with E-state index in [-0.39, 0.29) is 42.9 Å². The zero-order valence-electron chi connectivity index (χ0n) is 27.1. The minimum absolute atomic E-state index is 0.0194. The second-order valence-corrected chi connectivity index (χ2v) is 12.8. The second-order valence-electron chi connectivity index (χ2n) is 12.8. The molecule has 3 unspecified atom stereocenters. The molecule has 254 valence electrons. The molecule has 0 bridgehead atoms. The molecule has 2 fully saturated rings. The van der Waals surface area contributed by atoms with Gasteiger partial charge in [0.15, 0.2) is 6.29 Å². The monoisotopic (exact) mass is 656 g/mol. The first-order chi connectivity index (χ1) is 23.4. The number of para-hydroxylation sites is 2. The van der Waals surface area contributed by atoms with Gasteiger partial charge in [-0.15, -0.1) is 0 Å². The molecule has 6 rings (SSSR count). The van der Waals surface area contributed by atoms with E-state index < -0.39 is 12.3 Å². The zero-order chi connectivity index (χ0) is 33.5. The van der Waals surface area contributed by atoms with E-state index in [4.69, 9.17) is 14.6 Å². The van der Waals surface area contributed by atoms with Gasteiger partial charge in [0.05, 0.1) is 29.8 Å². The first-order valence-electron chi connectivity index (χ1n) is 16.9. The number of anilines is 1. The van der Waals surface area contributed by atoms with E-state index in [1.165, 1.54) is 0 Å². The molecule has 0 aliphatic carbocycles. The standard InChI is InChI=1S/C37H44N4O7/c42-24-25-10-12-26(13-11-25)33-22-30(23-40-20-18-29(19-21-40)41-32-7-5-4-6-31(32)39-37(41)46)47-36(48-33)27-14-16-28(17-15-27)38-34(43)8-2-1-3-9-35(44)45/h4-7,10-17,29-30,33,36,42H,1-3,8-9,18-24H2,(H,38,43)(H,39,46)(H,44,45). The van der Waals surface area contributed by atoms with Crippen LogP contribution in [0.1, 0.15) is 86.5 Å². The van der Waals surface area contributed by atoms with Crippen molar-refractivity contribution in [2.45, 2.75) is 82.5 Å². The summed E-state index contributed by atoms with van der Waals surface area (Å²) < 4.78 is 15.0. The van der Waals surface area contributed by atoms with Crippen LogP contribution >= 0.6 is 0 Å². The number of aromatic nitrogens is 2. The molecule has 0 radical (unpaired) electrons. The largest absolute Gasteiger partial charge is 0.481 e. The molecule has 3 aromatic carbocycles. The molecule has 4 aromatic rings. The van der Waals surface area contributed by atoms with Crippen LogP contribution in [0.25, 0.3) is 11.0 Å². The Morgan fingerprint density at radius 2 is 1.58 bits per heavy atom. The summed E-state index contributed by atoms with van der Waals surface area (Å²) in [6.45, 7) is 2.42. The number of likely N-dealkylation sites (tertiary alicyclic amines) is 1. The fraction of sp³-hybridized carbons (Fsp3) is 0.432. The van der Waals surface area contributed by atoms with Crippen molar-refractivity contribution in [3.63, 3.8) is 0 Å². The maximum Gasteiger partial charge on any atom is 0.326 e. The fourth-order valence-corrected chi connectivity index (χ4v) is 6.80. The lowest BCUT2D eigenvalue weighted by Crippen LogP contribution is -2.43. The Morgan fingerprint density at radius 3 is 2.31 bits per heavy atom. The fourth-order valence-electron chi connectivity index (χ4n) is 6.80. The number of rotatable bonds is 13. The maximum absolute atomic E-state index is 12.8. The van der Waals surface area contributed by atoms with Crippen LogP contribution in [0, 0.1) is 0 Å². The molecule has 2 aliphatic rings. The third-order valence-corrected chi connectivity index (χ3v) is 9.38. The average molecular weight is 657 g/mol. The van der Waals surface area contributed by atoms with Gasteiger partial charge < -0.3 is 34.9 Å². The molecule has 3 atom stereocenters. The first-order valence-corrected chi connectivity index (χ1v) is 16.9. The summed E-state index contributed by atoms with van der Waals surface area (Å²) >= 11 is 0. The normalized spacial score (nSPS) is 20.6. The molecule has 48 heavy (non-hydrogen) atoms. The van der Waals surface area contributed by atoms with Gasteiger partial charge in [0.1, 0.15) is 0 Å². The molecule has 0 saturated carbocycles. The van der Waals surface area contributed by atoms with Crippen molar-refractivity contribution in [3.8, 4) is 0 Å². The third-order valence-electron chi connectivity index (χ3n) is 9.38. The molecular weight excluding hydrogens is 612 g/mol. The summed E-state index contributed by atoms with van der Waals surface area (Å²) in [5.74, 6) is -0.920. The van der Waals surface area contributed by atoms with E-state index in [0.717, 1.165) is 60.2 Å². The summed E-state index contributed by atoms with van der Waals surface area (Å²) in [6, 6.07) is 23.3. The lowest BCUT2D eigenvalue weighted by molar-refractivity contribution is -0.253. The number of fused-ring (bicyclic) bond motifs is 1. The highest BCUT2D eigenvalue weighted by Crippen LogP contribution is 2.39. The Labute approximate surface area is 279 Å². The van der Waals surface area contributed by atoms with Crippen molar-refractivity contribution in [1.29, 1.82) is 0 Å². The number of unbranched alkanes of at least 4 members (excludes halogenated alkanes) is 2. The van der Waals surface area contributed by atoms with E-state index in [0.29, 0.717) is 37.8 Å². The van der Waals surface area contributed by atoms with Gasteiger partial charge in [0, 0.05) is 56.2 Å². The lowest BCUT2D eigenvalue weighted by Gasteiger charge is -2.40. The van der Waals surface area contributed by atoms with Crippen molar-refractivity contribution in [2.24, 2.45) is 0 Å². The van der Waals surface area contributed by atoms with Crippen LogP contribution in [-0.4, -0.2) is 62.3 Å². The van der Waals surface area contributed by atoms with Crippen LogP contribution in [0.3, 0.4) is 0 Å². The quantitative estimate of drug-likeness (QED) is 0.135. The number of piperidine rings is 1. The number of H-pyrrole nitrogens is 1. The van der Waals surface area contributed by atoms with Crippen LogP contribution in [0.4, 0.5) is 5.69 Å². The molecule has 2 aliphatic heterocycles. The van der Waals surface area contributed by atoms with E-state index in [1.807, 2.05) is 77.4 Å². The van der Waals surface area contributed by atoms with Crippen molar-refractivity contribution in [3.05, 3.63) is 100.0 Å². The summed E-state index contributed by atoms with van der Waals surface area (Å²) in [4.78, 5) is 41.3. The number of aromatic amines is 1. The minimum Gasteiger partial charge on any atom is -0.481 e. The predicted octanol–water partition coefficient (Wildman–Crippen LogP) is 5.68. The number of ether oxygens (including phenoxy) is 2. The Balaban J connectivity index is 1.09. The smallest absolute Gasteiger partial charge is 0.326 e. The number of carboxylic acid groups (broad SMARTS) is 1. The molecule has 1 amide bonds. The number of nitrogens with one attached hydrogen (secondary N) is 2. The molecule has 2 saturated heterocycles. The second kappa shape index (κ2) is 15.7. The summed E-state index contributed by atoms with van der Waals surface area (Å²) in [5.41, 5.74) is 5.15. The molecule has 1 aromatic heterocycles. The van der Waals surface area contributed by atoms with Gasteiger partial charge in [0.25, 0.3) is 0 Å². The summed E-state index contributed by atoms with van der Waals surface area (Å²) in [5, 5.41) is 21.2. The van der Waals surface area contributed by atoms with Crippen molar-refractivity contribution in [1.82, 2.24) is 14.5 Å². The summed E-state index contributed by atoms with van der Waals surface area (Å²) in [6.07, 6.45) is 3.88. The number of benzene rings is 3. The number of amides is 1. The number of aliphatic hydroxyl groups is 1. The van der Waals surface area contributed by atoms with Gasteiger partial charge in [-0.3, -0.25) is 14.2 Å². The third kappa shape index (κ3) is 8.40. The van der Waals surface area contributed by atoms with E-state index in [9.17, 15) is 19.5 Å². The number of imidazole rings is 1. The molecule has 11 heteroatoms. The van der Waals surface area contributed by atoms with Crippen LogP contribution < -0.4 is 11.0 Å². The van der Waals surface area contributed by atoms with Crippen molar-refractivity contribution in [2.75, 3.05) is 25.0 Å². The van der Waals surface area contributed by atoms with Gasteiger partial charge in [-0.1, -0.05) is 55.0 Å². The number of aliphatic hydroxyl groups excluding tert-OH is 1. The van der Waals surface area contributed by atoms with Crippen LogP contribution in [0.5, 0.6) is 0 Å². The number of aliphatic carboxylic acids is 1. The van der Waals surface area contributed by atoms with Gasteiger partial charge in [0.2, 0.25) is 5.91 Å². The Kier molecular flexibility index (Phi) is 11.0. The van der Waals surface area contributed by atoms with Crippen LogP contribution in [0.2, 0.25) is 0 Å². The highest BCUT2D eigenvalue weighted by atomic mass is 16.7. The average Bonchev–Trinajstić information content (AvgIpc) is 3.44. The van der Waals surface area contributed by atoms with Crippen molar-refractivity contribution >= 4 is 28.6 Å². The topological polar surface area (TPSA) is 146 Å². The number of carboxylic acids is 1. The number of carbonyl (C=O) groups excluding carboxylic acids is 1. The Morgan fingerprint density at radius 1 is 0.875 bits per heavy atom. The highest BCUT2D eigenvalue weighted by Gasteiger charge is 2.34. The minimum atomic E-state index is -0.816. The number of carbonyl (C=O) groups is 2. The van der Waals surface area contributed by atoms with Crippen molar-refractivity contribution < 1.29 is 29.3 Å². The van der Waals surface area contributed by atoms with Gasteiger partial charge >= 0.3 is 11.7 Å². The molecule has 11 nitrogen and oxygen atoms in total. The predicted molar refractivity (Wildman–Crippen MR) is 181 cm³/mol. The van der Waals surface area contributed by atoms with E-state index in [2.05, 4.69) is 15.2 Å². The first kappa shape index (κ1) is 33.6. The van der Waals surface area contributed by atoms with E-state index >= 15 is 0 Å². The van der Waals surface area contributed by atoms with Gasteiger partial charge in [-0.2, -0.15) is 0 Å². The lowest BCUT2D eigenvalue weighted by atomic mass is 9.98. The van der Waals surface area contributed by atoms with Crippen LogP contribution in [-0.2, 0) is 25.7 Å². The van der Waals surface area contributed by atoms with Gasteiger partial charge in [-0.05, 0) is 61.1 Å². The van der Waals surface area contributed by atoms with E-state index in [1.54, 1.807) is 0 Å². The molecule has 4 N–H and O–H groups in total. The Hall–Kier alpha value is -4.29. The molecule has 3 heterocycles. The highest BCUT2D eigenvalue weighted by molar-refractivity contribution is 5.90. The zero-order valence-corrected chi connectivity index (χ0v) is 27.1. The SMILES string of the molecule is O=C(O)CCCCCC(=O)Nc1ccc(C2OC(CN3CCC(n4c(=O)[nH]c5ccccc54)CC3)CC(c3ccc(CO)cc3)O2)cc1. The number of hydrogen-bond donors (Lipinski definition) is 4. The molecular formula is C37H44N4O7. The molecule has 0 spiro atoms. The number of nitrogens with zero attached hydrogens (tertiary/aromatic N) is 2. The summed E-state index contributed by atoms with van der Waals surface area (Å²) in [7, 11) is 0. The number of hydrogen-bond acceptors (Lipinski definition) is 7.